The lowest BCUT2D eigenvalue weighted by Gasteiger charge is -2.14. The highest BCUT2D eigenvalue weighted by molar-refractivity contribution is 5.95. The number of rotatable bonds is 10. The summed E-state index contributed by atoms with van der Waals surface area (Å²) in [4.78, 5) is 36.2. The standard InChI is InChI=1S/C31H26N4O6/c1-2-40-29-17-22(13-16-28(29)41-20-21-11-14-23(15-12-21)35(38)39)18-32-33-30(36)19-34-26-9-5-3-7-24(26)31(37)25-8-4-6-10-27(25)34/h3-18H,2,19-20H2,1H3,(H,33,36). The third kappa shape index (κ3) is 6.06. The van der Waals surface area contributed by atoms with Crippen molar-refractivity contribution >= 4 is 39.6 Å². The Morgan fingerprint density at radius 1 is 0.927 bits per heavy atom. The number of nitrogens with one attached hydrogen (secondary N) is 1. The van der Waals surface area contributed by atoms with Gasteiger partial charge in [-0.2, -0.15) is 5.10 Å². The third-order valence-corrected chi connectivity index (χ3v) is 6.39. The highest BCUT2D eigenvalue weighted by Crippen LogP contribution is 2.29. The molecule has 10 heteroatoms. The molecule has 0 bridgehead atoms. The molecule has 1 aromatic heterocycles. The molecule has 0 radical (unpaired) electrons. The summed E-state index contributed by atoms with van der Waals surface area (Å²) in [6.45, 7) is 2.44. The van der Waals surface area contributed by atoms with E-state index in [1.165, 1.54) is 18.3 Å². The van der Waals surface area contributed by atoms with Crippen LogP contribution in [0.5, 0.6) is 11.5 Å². The second-order valence-corrected chi connectivity index (χ2v) is 9.09. The number of hydrogen-bond donors (Lipinski definition) is 1. The zero-order chi connectivity index (χ0) is 28.8. The molecule has 0 aliphatic carbocycles. The van der Waals surface area contributed by atoms with Crippen LogP contribution in [0.4, 0.5) is 5.69 Å². The molecule has 0 aliphatic heterocycles. The Kier molecular flexibility index (Phi) is 8.00. The lowest BCUT2D eigenvalue weighted by molar-refractivity contribution is -0.384. The van der Waals surface area contributed by atoms with Gasteiger partial charge in [0.1, 0.15) is 13.2 Å². The summed E-state index contributed by atoms with van der Waals surface area (Å²) in [6, 6.07) is 25.8. The van der Waals surface area contributed by atoms with Gasteiger partial charge in [-0.25, -0.2) is 5.43 Å². The van der Waals surface area contributed by atoms with Gasteiger partial charge in [0.15, 0.2) is 16.9 Å². The molecule has 5 rings (SSSR count). The Morgan fingerprint density at radius 2 is 1.59 bits per heavy atom. The van der Waals surface area contributed by atoms with Crippen LogP contribution in [0.2, 0.25) is 0 Å². The predicted octanol–water partition coefficient (Wildman–Crippen LogP) is 5.19. The first kappa shape index (κ1) is 27.1. The molecular formula is C31H26N4O6. The Labute approximate surface area is 234 Å². The molecule has 1 heterocycles. The average molecular weight is 551 g/mol. The van der Waals surface area contributed by atoms with E-state index in [0.29, 0.717) is 45.5 Å². The van der Waals surface area contributed by atoms with Crippen LogP contribution in [0.3, 0.4) is 0 Å². The van der Waals surface area contributed by atoms with E-state index >= 15 is 0 Å². The minimum Gasteiger partial charge on any atom is -0.490 e. The summed E-state index contributed by atoms with van der Waals surface area (Å²) >= 11 is 0. The van der Waals surface area contributed by atoms with Crippen molar-refractivity contribution in [2.24, 2.45) is 5.10 Å². The van der Waals surface area contributed by atoms with Crippen LogP contribution in [-0.4, -0.2) is 28.2 Å². The predicted molar refractivity (Wildman–Crippen MR) is 156 cm³/mol. The molecule has 0 spiro atoms. The Hall–Kier alpha value is -5.51. The molecule has 1 amide bonds. The fourth-order valence-electron chi connectivity index (χ4n) is 4.47. The Bertz CT molecular complexity index is 1770. The molecule has 10 nitrogen and oxygen atoms in total. The van der Waals surface area contributed by atoms with Gasteiger partial charge in [-0.15, -0.1) is 0 Å². The number of carbonyl (C=O) groups excluding carboxylic acids is 1. The number of nitro benzene ring substituents is 1. The van der Waals surface area contributed by atoms with E-state index in [4.69, 9.17) is 9.47 Å². The van der Waals surface area contributed by atoms with Crippen LogP contribution in [-0.2, 0) is 17.9 Å². The molecule has 0 saturated carbocycles. The first-order valence-electron chi connectivity index (χ1n) is 12.9. The maximum atomic E-state index is 12.9. The second kappa shape index (κ2) is 12.1. The first-order valence-corrected chi connectivity index (χ1v) is 12.9. The molecule has 5 aromatic rings. The number of non-ortho nitro benzene ring substituents is 1. The van der Waals surface area contributed by atoms with E-state index in [-0.39, 0.29) is 30.2 Å². The topological polar surface area (TPSA) is 125 Å². The molecule has 41 heavy (non-hydrogen) atoms. The molecule has 0 saturated heterocycles. The summed E-state index contributed by atoms with van der Waals surface area (Å²) in [5.74, 6) is 0.646. The van der Waals surface area contributed by atoms with Crippen molar-refractivity contribution < 1.29 is 19.2 Å². The third-order valence-electron chi connectivity index (χ3n) is 6.39. The second-order valence-electron chi connectivity index (χ2n) is 9.09. The number of aromatic nitrogens is 1. The van der Waals surface area contributed by atoms with Crippen molar-refractivity contribution in [3.05, 3.63) is 122 Å². The molecular weight excluding hydrogens is 524 g/mol. The van der Waals surface area contributed by atoms with Crippen LogP contribution in [0.15, 0.2) is 101 Å². The average Bonchev–Trinajstić information content (AvgIpc) is 2.99. The number of hydrogen-bond acceptors (Lipinski definition) is 7. The molecule has 4 aromatic carbocycles. The molecule has 0 unspecified atom stereocenters. The Morgan fingerprint density at radius 3 is 2.22 bits per heavy atom. The number of ether oxygens (including phenoxy) is 2. The van der Waals surface area contributed by atoms with E-state index in [2.05, 4.69) is 10.5 Å². The summed E-state index contributed by atoms with van der Waals surface area (Å²) in [6.07, 6.45) is 1.50. The zero-order valence-electron chi connectivity index (χ0n) is 22.2. The molecule has 206 valence electrons. The van der Waals surface area contributed by atoms with Crippen molar-refractivity contribution in [1.82, 2.24) is 9.99 Å². The van der Waals surface area contributed by atoms with Crippen molar-refractivity contribution in [2.75, 3.05) is 6.61 Å². The van der Waals surface area contributed by atoms with Gasteiger partial charge in [0, 0.05) is 22.9 Å². The fraction of sp³-hybridized carbons (Fsp3) is 0.129. The van der Waals surface area contributed by atoms with Crippen LogP contribution in [0, 0.1) is 10.1 Å². The first-order chi connectivity index (χ1) is 19.9. The SMILES string of the molecule is CCOc1cc(C=NNC(=O)Cn2c3ccccc3c(=O)c3ccccc32)ccc1OCc1ccc([N+](=O)[O-])cc1. The van der Waals surface area contributed by atoms with Crippen molar-refractivity contribution in [2.45, 2.75) is 20.1 Å². The van der Waals surface area contributed by atoms with Crippen molar-refractivity contribution in [1.29, 1.82) is 0 Å². The largest absolute Gasteiger partial charge is 0.490 e. The van der Waals surface area contributed by atoms with Crippen molar-refractivity contribution in [3.8, 4) is 11.5 Å². The number of nitro groups is 1. The molecule has 1 N–H and O–H groups in total. The summed E-state index contributed by atoms with van der Waals surface area (Å²) in [5, 5.41) is 16.1. The Balaban J connectivity index is 1.28. The van der Waals surface area contributed by atoms with E-state index in [9.17, 15) is 19.7 Å². The fourth-order valence-corrected chi connectivity index (χ4v) is 4.47. The summed E-state index contributed by atoms with van der Waals surface area (Å²) < 4.78 is 13.4. The number of benzene rings is 4. The highest BCUT2D eigenvalue weighted by atomic mass is 16.6. The van der Waals surface area contributed by atoms with Gasteiger partial charge in [0.25, 0.3) is 11.6 Å². The quantitative estimate of drug-likeness (QED) is 0.110. The van der Waals surface area contributed by atoms with Crippen LogP contribution >= 0.6 is 0 Å². The number of amides is 1. The zero-order valence-corrected chi connectivity index (χ0v) is 22.2. The van der Waals surface area contributed by atoms with Gasteiger partial charge in [-0.3, -0.25) is 19.7 Å². The van der Waals surface area contributed by atoms with Crippen molar-refractivity contribution in [3.63, 3.8) is 0 Å². The maximum absolute atomic E-state index is 12.9. The van der Waals surface area contributed by atoms with Crippen LogP contribution in [0.25, 0.3) is 21.8 Å². The smallest absolute Gasteiger partial charge is 0.269 e. The van der Waals surface area contributed by atoms with Gasteiger partial charge in [-0.05, 0) is 72.6 Å². The van der Waals surface area contributed by atoms with E-state index in [0.717, 1.165) is 5.56 Å². The van der Waals surface area contributed by atoms with E-state index < -0.39 is 4.92 Å². The van der Waals surface area contributed by atoms with E-state index in [1.54, 1.807) is 59.2 Å². The minimum absolute atomic E-state index is 0.0140. The minimum atomic E-state index is -0.450. The summed E-state index contributed by atoms with van der Waals surface area (Å²) in [7, 11) is 0. The molecule has 0 fully saturated rings. The van der Waals surface area contributed by atoms with Gasteiger partial charge >= 0.3 is 0 Å². The number of fused-ring (bicyclic) bond motifs is 2. The van der Waals surface area contributed by atoms with Gasteiger partial charge in [0.2, 0.25) is 0 Å². The summed E-state index contributed by atoms with van der Waals surface area (Å²) in [5.41, 5.74) is 5.29. The number of nitrogens with zero attached hydrogens (tertiary/aromatic N) is 3. The number of carbonyl (C=O) groups is 1. The van der Waals surface area contributed by atoms with Crippen LogP contribution in [0.1, 0.15) is 18.1 Å². The van der Waals surface area contributed by atoms with Gasteiger partial charge in [-0.1, -0.05) is 24.3 Å². The van der Waals surface area contributed by atoms with Gasteiger partial charge in [0.05, 0.1) is 28.8 Å². The number of hydrazone groups is 1. The normalized spacial score (nSPS) is 11.1. The molecule has 0 atom stereocenters. The number of pyridine rings is 1. The lowest BCUT2D eigenvalue weighted by atomic mass is 10.1. The number of para-hydroxylation sites is 2. The van der Waals surface area contributed by atoms with Crippen LogP contribution < -0.4 is 20.3 Å². The van der Waals surface area contributed by atoms with E-state index in [1.807, 2.05) is 31.2 Å². The van der Waals surface area contributed by atoms with Gasteiger partial charge < -0.3 is 14.0 Å². The maximum Gasteiger partial charge on any atom is 0.269 e. The lowest BCUT2D eigenvalue weighted by Crippen LogP contribution is -2.25. The molecule has 0 aliphatic rings. The monoisotopic (exact) mass is 550 g/mol. The highest BCUT2D eigenvalue weighted by Gasteiger charge is 2.13.